The smallest absolute Gasteiger partial charge is 0.410 e. The van der Waals surface area contributed by atoms with E-state index in [1.165, 1.54) is 17.0 Å². The Labute approximate surface area is 216 Å². The maximum atomic E-state index is 15.3. The average molecular weight is 511 g/mol. The van der Waals surface area contributed by atoms with Crippen molar-refractivity contribution >= 4 is 22.7 Å². The molecule has 0 radical (unpaired) electrons. The molecule has 2 heterocycles. The second-order valence-electron chi connectivity index (χ2n) is 10.4. The quantitative estimate of drug-likeness (QED) is 0.409. The standard InChI is InChI=1S/C28H35FN4O4/c1-6-7-14-36-21-9-10-22-24(16-21)30-18-33(26(22)34)25-11-8-19(15-23(25)29)32-13-12-20(17-32)31(5)27(35)37-28(2,3)4/h8-11,15-16,18,20H,6-7,12-14,17H2,1-5H3/t20-/m1/s1. The Morgan fingerprint density at radius 3 is 2.70 bits per heavy atom. The third-order valence-corrected chi connectivity index (χ3v) is 6.45. The summed E-state index contributed by atoms with van der Waals surface area (Å²) in [4.78, 5) is 33.6. The van der Waals surface area contributed by atoms with Crippen LogP contribution < -0.4 is 15.2 Å². The number of benzene rings is 2. The Morgan fingerprint density at radius 1 is 1.22 bits per heavy atom. The van der Waals surface area contributed by atoms with E-state index < -0.39 is 11.4 Å². The van der Waals surface area contributed by atoms with Gasteiger partial charge in [0, 0.05) is 31.9 Å². The molecule has 1 amide bonds. The SMILES string of the molecule is CCCCOc1ccc2c(=O)n(-c3ccc(N4CC[C@@H](N(C)C(=O)OC(C)(C)C)C4)cc3F)cnc2c1. The van der Waals surface area contributed by atoms with E-state index in [0.29, 0.717) is 42.0 Å². The molecule has 9 heteroatoms. The number of fused-ring (bicyclic) bond motifs is 1. The van der Waals surface area contributed by atoms with Crippen LogP contribution in [-0.2, 0) is 4.74 Å². The molecule has 1 fully saturated rings. The van der Waals surface area contributed by atoms with Crippen molar-refractivity contribution in [1.29, 1.82) is 0 Å². The molecular formula is C28H35FN4O4. The molecule has 198 valence electrons. The first kappa shape index (κ1) is 26.4. The molecule has 1 atom stereocenters. The largest absolute Gasteiger partial charge is 0.494 e. The van der Waals surface area contributed by atoms with Crippen LogP contribution in [0, 0.1) is 5.82 Å². The van der Waals surface area contributed by atoms with Crippen molar-refractivity contribution in [2.24, 2.45) is 0 Å². The zero-order valence-corrected chi connectivity index (χ0v) is 22.2. The van der Waals surface area contributed by atoms with Gasteiger partial charge in [-0.05, 0) is 63.9 Å². The highest BCUT2D eigenvalue weighted by atomic mass is 19.1. The molecule has 1 aliphatic heterocycles. The van der Waals surface area contributed by atoms with Crippen LogP contribution in [0.3, 0.4) is 0 Å². The van der Waals surface area contributed by atoms with Crippen LogP contribution in [0.5, 0.6) is 5.75 Å². The number of anilines is 1. The van der Waals surface area contributed by atoms with Crippen LogP contribution >= 0.6 is 0 Å². The van der Waals surface area contributed by atoms with Gasteiger partial charge in [0.1, 0.15) is 23.5 Å². The Hall–Kier alpha value is -3.62. The minimum atomic E-state index is -0.566. The average Bonchev–Trinajstić information content (AvgIpc) is 3.33. The zero-order chi connectivity index (χ0) is 26.7. The lowest BCUT2D eigenvalue weighted by atomic mass is 10.2. The first-order valence-electron chi connectivity index (χ1n) is 12.7. The van der Waals surface area contributed by atoms with Crippen LogP contribution in [0.15, 0.2) is 47.5 Å². The molecule has 0 spiro atoms. The molecule has 8 nitrogen and oxygen atoms in total. The maximum Gasteiger partial charge on any atom is 0.410 e. The number of nitrogens with zero attached hydrogens (tertiary/aromatic N) is 4. The third kappa shape index (κ3) is 6.03. The first-order chi connectivity index (χ1) is 17.6. The second kappa shape index (κ2) is 10.8. The number of likely N-dealkylation sites (N-methyl/N-ethyl adjacent to an activating group) is 1. The number of halogens is 1. The number of unbranched alkanes of at least 4 members (excludes halogenated alkanes) is 1. The molecule has 0 saturated carbocycles. The van der Waals surface area contributed by atoms with Gasteiger partial charge in [-0.1, -0.05) is 13.3 Å². The molecule has 0 bridgehead atoms. The lowest BCUT2D eigenvalue weighted by Gasteiger charge is -2.29. The highest BCUT2D eigenvalue weighted by Gasteiger charge is 2.31. The first-order valence-corrected chi connectivity index (χ1v) is 12.7. The summed E-state index contributed by atoms with van der Waals surface area (Å²) in [5, 5.41) is 0.390. The van der Waals surface area contributed by atoms with Crippen molar-refractivity contribution in [2.45, 2.75) is 58.6 Å². The number of carbonyl (C=O) groups excluding carboxylic acids is 1. The summed E-state index contributed by atoms with van der Waals surface area (Å²) in [6, 6.07) is 9.90. The van der Waals surface area contributed by atoms with Crippen LogP contribution in [0.1, 0.15) is 47.0 Å². The van der Waals surface area contributed by atoms with Gasteiger partial charge < -0.3 is 19.3 Å². The molecule has 1 aromatic heterocycles. The van der Waals surface area contributed by atoms with Crippen LogP contribution in [-0.4, -0.2) is 58.9 Å². The van der Waals surface area contributed by atoms with Crippen LogP contribution in [0.25, 0.3) is 16.6 Å². The van der Waals surface area contributed by atoms with Crippen LogP contribution in [0.2, 0.25) is 0 Å². The summed E-state index contributed by atoms with van der Waals surface area (Å²) < 4.78 is 27.7. The number of carbonyl (C=O) groups is 1. The van der Waals surface area contributed by atoms with Gasteiger partial charge in [0.15, 0.2) is 0 Å². The number of amides is 1. The second-order valence-corrected chi connectivity index (χ2v) is 10.4. The number of ether oxygens (including phenoxy) is 2. The molecule has 1 saturated heterocycles. The zero-order valence-electron chi connectivity index (χ0n) is 22.2. The molecule has 2 aromatic carbocycles. The van der Waals surface area contributed by atoms with Gasteiger partial charge >= 0.3 is 6.09 Å². The number of hydrogen-bond acceptors (Lipinski definition) is 6. The molecule has 37 heavy (non-hydrogen) atoms. The Bertz CT molecular complexity index is 1330. The third-order valence-electron chi connectivity index (χ3n) is 6.45. The van der Waals surface area contributed by atoms with Crippen molar-refractivity contribution in [3.05, 3.63) is 58.9 Å². The van der Waals surface area contributed by atoms with E-state index in [-0.39, 0.29) is 23.4 Å². The molecule has 0 N–H and O–H groups in total. The monoisotopic (exact) mass is 510 g/mol. The van der Waals surface area contributed by atoms with E-state index >= 15 is 4.39 Å². The molecule has 1 aliphatic rings. The highest BCUT2D eigenvalue weighted by molar-refractivity contribution is 5.79. The predicted octanol–water partition coefficient (Wildman–Crippen LogP) is 5.15. The van der Waals surface area contributed by atoms with E-state index in [2.05, 4.69) is 11.9 Å². The van der Waals surface area contributed by atoms with Gasteiger partial charge in [-0.25, -0.2) is 14.2 Å². The minimum absolute atomic E-state index is 0.0410. The predicted molar refractivity (Wildman–Crippen MR) is 142 cm³/mol. The van der Waals surface area contributed by atoms with Gasteiger partial charge in [0.2, 0.25) is 0 Å². The van der Waals surface area contributed by atoms with Crippen LogP contribution in [0.4, 0.5) is 14.9 Å². The van der Waals surface area contributed by atoms with Crippen molar-refractivity contribution in [3.63, 3.8) is 0 Å². The molecular weight excluding hydrogens is 475 g/mol. The van der Waals surface area contributed by atoms with Gasteiger partial charge in [0.25, 0.3) is 5.56 Å². The summed E-state index contributed by atoms with van der Waals surface area (Å²) in [5.41, 5.74) is 0.412. The fraction of sp³-hybridized carbons (Fsp3) is 0.464. The summed E-state index contributed by atoms with van der Waals surface area (Å²) in [6.45, 7) is 9.44. The fourth-order valence-corrected chi connectivity index (χ4v) is 4.36. The van der Waals surface area contributed by atoms with Gasteiger partial charge in [0.05, 0.1) is 29.2 Å². The normalized spacial score (nSPS) is 15.7. The van der Waals surface area contributed by atoms with E-state index in [0.717, 1.165) is 19.3 Å². The minimum Gasteiger partial charge on any atom is -0.494 e. The maximum absolute atomic E-state index is 15.3. The lowest BCUT2D eigenvalue weighted by Crippen LogP contribution is -2.42. The number of rotatable bonds is 7. The summed E-state index contributed by atoms with van der Waals surface area (Å²) in [6.07, 6.45) is 3.70. The van der Waals surface area contributed by atoms with Gasteiger partial charge in [-0.15, -0.1) is 0 Å². The molecule has 3 aromatic rings. The van der Waals surface area contributed by atoms with Crippen molar-refractivity contribution in [3.8, 4) is 11.4 Å². The van der Waals surface area contributed by atoms with E-state index in [1.807, 2.05) is 25.7 Å². The van der Waals surface area contributed by atoms with Crippen molar-refractivity contribution < 1.29 is 18.7 Å². The van der Waals surface area contributed by atoms with E-state index in [9.17, 15) is 9.59 Å². The molecule has 4 rings (SSSR count). The Balaban J connectivity index is 1.50. The van der Waals surface area contributed by atoms with Gasteiger partial charge in [-0.3, -0.25) is 9.36 Å². The van der Waals surface area contributed by atoms with Crippen molar-refractivity contribution in [2.75, 3.05) is 31.6 Å². The summed E-state index contributed by atoms with van der Waals surface area (Å²) in [5.74, 6) is 0.131. The Kier molecular flexibility index (Phi) is 7.71. The number of aromatic nitrogens is 2. The van der Waals surface area contributed by atoms with E-state index in [1.54, 1.807) is 42.3 Å². The van der Waals surface area contributed by atoms with E-state index in [4.69, 9.17) is 9.47 Å². The topological polar surface area (TPSA) is 76.9 Å². The molecule has 0 aliphatic carbocycles. The fourth-order valence-electron chi connectivity index (χ4n) is 4.36. The molecule has 0 unspecified atom stereocenters. The highest BCUT2D eigenvalue weighted by Crippen LogP contribution is 2.27. The lowest BCUT2D eigenvalue weighted by molar-refractivity contribution is 0.0238. The summed E-state index contributed by atoms with van der Waals surface area (Å²) >= 11 is 0. The number of hydrogen-bond donors (Lipinski definition) is 0. The van der Waals surface area contributed by atoms with Crippen molar-refractivity contribution in [1.82, 2.24) is 14.5 Å². The summed E-state index contributed by atoms with van der Waals surface area (Å²) in [7, 11) is 1.73. The van der Waals surface area contributed by atoms with Gasteiger partial charge in [-0.2, -0.15) is 0 Å². The Morgan fingerprint density at radius 2 is 2.00 bits per heavy atom.